The van der Waals surface area contributed by atoms with E-state index in [-0.39, 0.29) is 5.97 Å². The molecule has 1 aromatic carbocycles. The molecule has 1 heterocycles. The third-order valence-corrected chi connectivity index (χ3v) is 4.38. The molecule has 22 heavy (non-hydrogen) atoms. The lowest BCUT2D eigenvalue weighted by Crippen LogP contribution is -2.56. The number of carbonyl (C=O) groups is 1. The lowest BCUT2D eigenvalue weighted by molar-refractivity contribution is -0.152. The number of piperidine rings is 1. The van der Waals surface area contributed by atoms with Crippen molar-refractivity contribution in [1.29, 1.82) is 0 Å². The van der Waals surface area contributed by atoms with Gasteiger partial charge in [0.1, 0.15) is 5.54 Å². The number of carbonyl (C=O) groups excluding carboxylic acids is 1. The zero-order valence-electron chi connectivity index (χ0n) is 13.6. The maximum Gasteiger partial charge on any atom is 0.326 e. The molecule has 2 rings (SSSR count). The first-order valence-electron chi connectivity index (χ1n) is 8.36. The Bertz CT molecular complexity index is 453. The molecule has 0 amide bonds. The summed E-state index contributed by atoms with van der Waals surface area (Å²) in [6, 6.07) is 10.4. The van der Waals surface area contributed by atoms with Crippen molar-refractivity contribution in [2.45, 2.75) is 51.1 Å². The Hall–Kier alpha value is -1.39. The van der Waals surface area contributed by atoms with Gasteiger partial charge in [-0.15, -0.1) is 0 Å². The first kappa shape index (κ1) is 17.0. The van der Waals surface area contributed by atoms with Crippen LogP contribution in [0.2, 0.25) is 0 Å². The van der Waals surface area contributed by atoms with Gasteiger partial charge in [0, 0.05) is 19.6 Å². The number of ether oxygens (including phenoxy) is 1. The molecule has 4 heteroatoms. The van der Waals surface area contributed by atoms with Crippen LogP contribution in [0, 0.1) is 0 Å². The fourth-order valence-corrected chi connectivity index (χ4v) is 2.82. The Morgan fingerprint density at radius 1 is 1.23 bits per heavy atom. The smallest absolute Gasteiger partial charge is 0.326 e. The molecule has 0 spiro atoms. The van der Waals surface area contributed by atoms with Crippen molar-refractivity contribution in [3.8, 4) is 0 Å². The Labute approximate surface area is 133 Å². The number of benzene rings is 1. The summed E-state index contributed by atoms with van der Waals surface area (Å²) in [4.78, 5) is 14.5. The molecule has 1 fully saturated rings. The van der Waals surface area contributed by atoms with Crippen molar-refractivity contribution in [1.82, 2.24) is 4.90 Å². The van der Waals surface area contributed by atoms with Gasteiger partial charge in [-0.1, -0.05) is 50.1 Å². The largest absolute Gasteiger partial charge is 0.464 e. The van der Waals surface area contributed by atoms with Crippen molar-refractivity contribution in [2.75, 3.05) is 19.7 Å². The maximum absolute atomic E-state index is 12.2. The van der Waals surface area contributed by atoms with Crippen LogP contribution in [0.15, 0.2) is 30.3 Å². The van der Waals surface area contributed by atoms with E-state index in [0.29, 0.717) is 19.4 Å². The van der Waals surface area contributed by atoms with Crippen molar-refractivity contribution < 1.29 is 9.53 Å². The number of rotatable bonds is 7. The molecule has 0 atom stereocenters. The number of likely N-dealkylation sites (tertiary alicyclic amines) is 1. The fraction of sp³-hybridized carbons (Fsp3) is 0.611. The molecule has 1 aliphatic heterocycles. The monoisotopic (exact) mass is 304 g/mol. The van der Waals surface area contributed by atoms with Gasteiger partial charge in [-0.3, -0.25) is 9.69 Å². The molecule has 4 nitrogen and oxygen atoms in total. The predicted molar refractivity (Wildman–Crippen MR) is 88.4 cm³/mol. The number of nitrogens with two attached hydrogens (primary N) is 1. The maximum atomic E-state index is 12.2. The summed E-state index contributed by atoms with van der Waals surface area (Å²) >= 11 is 0. The van der Waals surface area contributed by atoms with Gasteiger partial charge >= 0.3 is 5.97 Å². The van der Waals surface area contributed by atoms with Gasteiger partial charge in [-0.05, 0) is 24.8 Å². The highest BCUT2D eigenvalue weighted by atomic mass is 16.5. The van der Waals surface area contributed by atoms with Crippen LogP contribution in [0.5, 0.6) is 0 Å². The highest BCUT2D eigenvalue weighted by Gasteiger charge is 2.38. The highest BCUT2D eigenvalue weighted by Crippen LogP contribution is 2.22. The minimum Gasteiger partial charge on any atom is -0.464 e. The molecule has 1 aliphatic rings. The van der Waals surface area contributed by atoms with Crippen LogP contribution in [0.3, 0.4) is 0 Å². The minimum atomic E-state index is -0.792. The van der Waals surface area contributed by atoms with E-state index in [1.165, 1.54) is 5.56 Å². The molecular formula is C18H28N2O2. The molecule has 0 aromatic heterocycles. The fourth-order valence-electron chi connectivity index (χ4n) is 2.82. The molecule has 122 valence electrons. The number of hydrogen-bond acceptors (Lipinski definition) is 4. The van der Waals surface area contributed by atoms with Gasteiger partial charge in [0.05, 0.1) is 6.61 Å². The van der Waals surface area contributed by atoms with E-state index in [2.05, 4.69) is 36.1 Å². The molecule has 0 radical (unpaired) electrons. The molecule has 2 N–H and O–H groups in total. The van der Waals surface area contributed by atoms with Gasteiger partial charge in [-0.25, -0.2) is 0 Å². The number of hydrogen-bond donors (Lipinski definition) is 1. The highest BCUT2D eigenvalue weighted by molar-refractivity contribution is 5.80. The van der Waals surface area contributed by atoms with Crippen molar-refractivity contribution >= 4 is 5.97 Å². The topological polar surface area (TPSA) is 55.6 Å². The van der Waals surface area contributed by atoms with Crippen molar-refractivity contribution in [3.05, 3.63) is 35.9 Å². The van der Waals surface area contributed by atoms with E-state index >= 15 is 0 Å². The summed E-state index contributed by atoms with van der Waals surface area (Å²) in [6.07, 6.45) is 4.49. The summed E-state index contributed by atoms with van der Waals surface area (Å²) in [7, 11) is 0. The summed E-state index contributed by atoms with van der Waals surface area (Å²) in [5.74, 6) is -0.219. The normalized spacial score (nSPS) is 18.1. The molecule has 0 saturated carbocycles. The van der Waals surface area contributed by atoms with Gasteiger partial charge in [0.15, 0.2) is 0 Å². The van der Waals surface area contributed by atoms with Crippen LogP contribution in [-0.2, 0) is 16.1 Å². The van der Waals surface area contributed by atoms with Gasteiger partial charge < -0.3 is 10.5 Å². The molecule has 0 aliphatic carbocycles. The number of unbranched alkanes of at least 4 members (excludes halogenated alkanes) is 2. The van der Waals surface area contributed by atoms with Crippen LogP contribution in [0.1, 0.15) is 44.6 Å². The standard InChI is InChI=1S/C18H28N2O2/c1-2-3-7-14-22-17(21)18(19)10-12-20(13-11-18)15-16-8-5-4-6-9-16/h4-6,8-9H,2-3,7,10-15,19H2,1H3. The minimum absolute atomic E-state index is 0.219. The lowest BCUT2D eigenvalue weighted by atomic mass is 9.88. The summed E-state index contributed by atoms with van der Waals surface area (Å²) in [6.45, 7) is 5.24. The van der Waals surface area contributed by atoms with E-state index in [1.54, 1.807) is 0 Å². The molecule has 1 aromatic rings. The number of esters is 1. The van der Waals surface area contributed by atoms with Crippen LogP contribution in [0.4, 0.5) is 0 Å². The van der Waals surface area contributed by atoms with Crippen LogP contribution in [0.25, 0.3) is 0 Å². The molecule has 1 saturated heterocycles. The zero-order chi connectivity index (χ0) is 15.8. The van der Waals surface area contributed by atoms with Crippen LogP contribution < -0.4 is 5.73 Å². The molecule has 0 unspecified atom stereocenters. The van der Waals surface area contributed by atoms with E-state index in [0.717, 1.165) is 38.9 Å². The Morgan fingerprint density at radius 2 is 1.91 bits per heavy atom. The van der Waals surface area contributed by atoms with E-state index in [1.807, 2.05) is 6.07 Å². The quantitative estimate of drug-likeness (QED) is 0.621. The molecule has 0 bridgehead atoms. The third-order valence-electron chi connectivity index (χ3n) is 4.38. The second kappa shape index (κ2) is 8.30. The first-order valence-corrected chi connectivity index (χ1v) is 8.36. The van der Waals surface area contributed by atoms with Gasteiger partial charge in [-0.2, -0.15) is 0 Å². The van der Waals surface area contributed by atoms with E-state index < -0.39 is 5.54 Å². The Morgan fingerprint density at radius 3 is 2.55 bits per heavy atom. The number of nitrogens with zero attached hydrogens (tertiary/aromatic N) is 1. The van der Waals surface area contributed by atoms with Crippen LogP contribution in [-0.4, -0.2) is 36.1 Å². The average Bonchev–Trinajstić information content (AvgIpc) is 2.55. The van der Waals surface area contributed by atoms with Crippen molar-refractivity contribution in [2.24, 2.45) is 5.73 Å². The van der Waals surface area contributed by atoms with E-state index in [9.17, 15) is 4.79 Å². The van der Waals surface area contributed by atoms with E-state index in [4.69, 9.17) is 10.5 Å². The average molecular weight is 304 g/mol. The summed E-state index contributed by atoms with van der Waals surface area (Å²) in [5.41, 5.74) is 6.78. The van der Waals surface area contributed by atoms with Gasteiger partial charge in [0.25, 0.3) is 0 Å². The zero-order valence-corrected chi connectivity index (χ0v) is 13.6. The Kier molecular flexibility index (Phi) is 6.40. The predicted octanol–water partition coefficient (Wildman–Crippen LogP) is 2.71. The first-order chi connectivity index (χ1) is 10.6. The van der Waals surface area contributed by atoms with Crippen molar-refractivity contribution in [3.63, 3.8) is 0 Å². The SMILES string of the molecule is CCCCCOC(=O)C1(N)CCN(Cc2ccccc2)CC1. The summed E-state index contributed by atoms with van der Waals surface area (Å²) < 4.78 is 5.36. The van der Waals surface area contributed by atoms with Crippen LogP contribution >= 0.6 is 0 Å². The molecular weight excluding hydrogens is 276 g/mol. The second-order valence-electron chi connectivity index (χ2n) is 6.26. The summed E-state index contributed by atoms with van der Waals surface area (Å²) in [5, 5.41) is 0. The third kappa shape index (κ3) is 4.82. The Balaban J connectivity index is 1.76. The lowest BCUT2D eigenvalue weighted by Gasteiger charge is -2.37. The van der Waals surface area contributed by atoms with Gasteiger partial charge in [0.2, 0.25) is 0 Å². The second-order valence-corrected chi connectivity index (χ2v) is 6.26.